The van der Waals surface area contributed by atoms with Crippen molar-refractivity contribution in [2.45, 2.75) is 13.3 Å². The number of pyridine rings is 2. The number of amides is 1. The Morgan fingerprint density at radius 3 is 2.67 bits per heavy atom. The summed E-state index contributed by atoms with van der Waals surface area (Å²) in [6, 6.07) is 10.2. The predicted molar refractivity (Wildman–Crippen MR) is 111 cm³/mol. The average molecular weight is 407 g/mol. The molecule has 1 aliphatic heterocycles. The molecule has 0 fully saturated rings. The zero-order valence-electron chi connectivity index (χ0n) is 16.7. The number of methoxy groups -OCH3 is 1. The quantitative estimate of drug-likeness (QED) is 0.715. The van der Waals surface area contributed by atoms with Gasteiger partial charge in [-0.2, -0.15) is 0 Å². The molecule has 8 heteroatoms. The van der Waals surface area contributed by atoms with Crippen molar-refractivity contribution >= 4 is 11.6 Å². The minimum Gasteiger partial charge on any atom is -0.490 e. The minimum atomic E-state index is -0.497. The zero-order valence-corrected chi connectivity index (χ0v) is 16.7. The van der Waals surface area contributed by atoms with Crippen LogP contribution in [0.2, 0.25) is 0 Å². The van der Waals surface area contributed by atoms with Gasteiger partial charge in [0.25, 0.3) is 11.5 Å². The highest BCUT2D eigenvalue weighted by molar-refractivity contribution is 6.05. The number of ether oxygens (including phenoxy) is 3. The highest BCUT2D eigenvalue weighted by Crippen LogP contribution is 2.32. The molecule has 2 aromatic heterocycles. The molecule has 0 saturated heterocycles. The smallest absolute Gasteiger partial charge is 0.268 e. The molecule has 0 saturated carbocycles. The van der Waals surface area contributed by atoms with Gasteiger partial charge in [0, 0.05) is 30.4 Å². The van der Waals surface area contributed by atoms with Gasteiger partial charge in [-0.15, -0.1) is 0 Å². The first-order chi connectivity index (χ1) is 14.6. The van der Waals surface area contributed by atoms with Gasteiger partial charge in [0.05, 0.1) is 32.2 Å². The Labute approximate surface area is 173 Å². The number of hydrogen-bond acceptors (Lipinski definition) is 6. The van der Waals surface area contributed by atoms with Crippen LogP contribution in [0.25, 0.3) is 5.69 Å². The molecule has 4 rings (SSSR count). The average Bonchev–Trinajstić information content (AvgIpc) is 2.99. The molecule has 30 heavy (non-hydrogen) atoms. The summed E-state index contributed by atoms with van der Waals surface area (Å²) < 4.78 is 17.7. The van der Waals surface area contributed by atoms with Crippen molar-refractivity contribution in [3.8, 4) is 23.1 Å². The second-order valence-corrected chi connectivity index (χ2v) is 6.77. The Bertz CT molecular complexity index is 1140. The lowest BCUT2D eigenvalue weighted by atomic mass is 10.1. The van der Waals surface area contributed by atoms with Crippen molar-refractivity contribution in [3.63, 3.8) is 0 Å². The fraction of sp³-hybridized carbons (Fsp3) is 0.227. The predicted octanol–water partition coefficient (Wildman–Crippen LogP) is 2.96. The summed E-state index contributed by atoms with van der Waals surface area (Å²) in [5.74, 6) is 1.14. The molecule has 0 unspecified atom stereocenters. The second-order valence-electron chi connectivity index (χ2n) is 6.77. The van der Waals surface area contributed by atoms with Gasteiger partial charge in [-0.25, -0.2) is 4.98 Å². The Morgan fingerprint density at radius 1 is 1.13 bits per heavy atom. The molecule has 0 bridgehead atoms. The van der Waals surface area contributed by atoms with Gasteiger partial charge in [0.2, 0.25) is 5.88 Å². The molecule has 0 spiro atoms. The monoisotopic (exact) mass is 407 g/mol. The molecule has 3 heterocycles. The lowest BCUT2D eigenvalue weighted by Crippen LogP contribution is -2.29. The Kier molecular flexibility index (Phi) is 5.38. The van der Waals surface area contributed by atoms with Crippen molar-refractivity contribution < 1.29 is 19.0 Å². The molecule has 1 aromatic carbocycles. The third kappa shape index (κ3) is 3.84. The normalized spacial score (nSPS) is 12.7. The molecule has 154 valence electrons. The zero-order chi connectivity index (χ0) is 21.1. The third-order valence-corrected chi connectivity index (χ3v) is 4.74. The fourth-order valence-electron chi connectivity index (χ4n) is 3.18. The maximum absolute atomic E-state index is 13.1. The van der Waals surface area contributed by atoms with Crippen LogP contribution in [0.4, 0.5) is 5.69 Å². The Balaban J connectivity index is 1.64. The van der Waals surface area contributed by atoms with Crippen LogP contribution in [0.3, 0.4) is 0 Å². The number of rotatable bonds is 4. The van der Waals surface area contributed by atoms with E-state index in [2.05, 4.69) is 10.3 Å². The maximum Gasteiger partial charge on any atom is 0.268 e. The SMILES string of the molecule is COc1ccc(-n2ccc(C)c(C(=O)Nc3ccc4c(c3)OCCCO4)c2=O)cn1. The summed E-state index contributed by atoms with van der Waals surface area (Å²) in [6.07, 6.45) is 3.92. The van der Waals surface area contributed by atoms with Gasteiger partial charge in [0.1, 0.15) is 5.56 Å². The van der Waals surface area contributed by atoms with Gasteiger partial charge in [-0.05, 0) is 36.8 Å². The number of anilines is 1. The molecular formula is C22H21N3O5. The van der Waals surface area contributed by atoms with Crippen LogP contribution in [-0.2, 0) is 0 Å². The third-order valence-electron chi connectivity index (χ3n) is 4.74. The largest absolute Gasteiger partial charge is 0.490 e. The van der Waals surface area contributed by atoms with Gasteiger partial charge in [-0.3, -0.25) is 14.2 Å². The van der Waals surface area contributed by atoms with E-state index in [0.717, 1.165) is 6.42 Å². The number of carbonyl (C=O) groups excluding carboxylic acids is 1. The summed E-state index contributed by atoms with van der Waals surface area (Å²) in [5, 5.41) is 2.78. The number of nitrogens with zero attached hydrogens (tertiary/aromatic N) is 2. The summed E-state index contributed by atoms with van der Waals surface area (Å²) in [5.41, 5.74) is 1.24. The lowest BCUT2D eigenvalue weighted by Gasteiger charge is -2.13. The topological polar surface area (TPSA) is 91.7 Å². The molecule has 0 radical (unpaired) electrons. The first kappa shape index (κ1) is 19.5. The highest BCUT2D eigenvalue weighted by atomic mass is 16.5. The van der Waals surface area contributed by atoms with E-state index in [4.69, 9.17) is 14.2 Å². The van der Waals surface area contributed by atoms with Crippen molar-refractivity contribution in [2.24, 2.45) is 0 Å². The van der Waals surface area contributed by atoms with Crippen LogP contribution in [0.1, 0.15) is 22.3 Å². The van der Waals surface area contributed by atoms with Crippen molar-refractivity contribution in [1.29, 1.82) is 0 Å². The van der Waals surface area contributed by atoms with Crippen molar-refractivity contribution in [3.05, 3.63) is 70.3 Å². The first-order valence-corrected chi connectivity index (χ1v) is 9.50. The molecule has 0 atom stereocenters. The molecular weight excluding hydrogens is 386 g/mol. The number of carbonyl (C=O) groups is 1. The van der Waals surface area contributed by atoms with Crippen LogP contribution in [0.5, 0.6) is 17.4 Å². The molecule has 1 aliphatic rings. The van der Waals surface area contributed by atoms with E-state index in [-0.39, 0.29) is 5.56 Å². The van der Waals surface area contributed by atoms with Crippen molar-refractivity contribution in [2.75, 3.05) is 25.6 Å². The first-order valence-electron chi connectivity index (χ1n) is 9.50. The van der Waals surface area contributed by atoms with Gasteiger partial charge >= 0.3 is 0 Å². The maximum atomic E-state index is 13.1. The summed E-state index contributed by atoms with van der Waals surface area (Å²) in [4.78, 5) is 30.1. The van der Waals surface area contributed by atoms with E-state index >= 15 is 0 Å². The number of aryl methyl sites for hydroxylation is 1. The van der Waals surface area contributed by atoms with E-state index in [9.17, 15) is 9.59 Å². The lowest BCUT2D eigenvalue weighted by molar-refractivity contribution is 0.102. The summed E-state index contributed by atoms with van der Waals surface area (Å²) in [6.45, 7) is 2.85. The molecule has 3 aromatic rings. The molecule has 1 N–H and O–H groups in total. The van der Waals surface area contributed by atoms with Gasteiger partial charge in [-0.1, -0.05) is 0 Å². The van der Waals surface area contributed by atoms with E-state index in [1.54, 1.807) is 49.5 Å². The van der Waals surface area contributed by atoms with Crippen LogP contribution < -0.4 is 25.1 Å². The standard InChI is InChI=1S/C22H21N3O5/c1-14-8-9-25(16-5-7-19(28-2)23-13-16)22(27)20(14)21(26)24-15-4-6-17-18(12-15)30-11-3-10-29-17/h4-9,12-13H,3,10-11H2,1-2H3,(H,24,26). The summed E-state index contributed by atoms with van der Waals surface area (Å²) in [7, 11) is 1.52. The Hall–Kier alpha value is -3.81. The van der Waals surface area contributed by atoms with Crippen molar-refractivity contribution in [1.82, 2.24) is 9.55 Å². The highest BCUT2D eigenvalue weighted by Gasteiger charge is 2.18. The number of fused-ring (bicyclic) bond motifs is 1. The van der Waals surface area contributed by atoms with Crippen LogP contribution in [0, 0.1) is 6.92 Å². The van der Waals surface area contributed by atoms with Gasteiger partial charge in [0.15, 0.2) is 11.5 Å². The van der Waals surface area contributed by atoms with Crippen LogP contribution in [0.15, 0.2) is 53.6 Å². The van der Waals surface area contributed by atoms with Crippen LogP contribution >= 0.6 is 0 Å². The van der Waals surface area contributed by atoms with E-state index in [1.165, 1.54) is 17.9 Å². The van der Waals surface area contributed by atoms with E-state index in [1.807, 2.05) is 0 Å². The number of hydrogen-bond donors (Lipinski definition) is 1. The molecule has 1 amide bonds. The van der Waals surface area contributed by atoms with Crippen LogP contribution in [-0.4, -0.2) is 35.8 Å². The Morgan fingerprint density at radius 2 is 1.93 bits per heavy atom. The van der Waals surface area contributed by atoms with Gasteiger partial charge < -0.3 is 19.5 Å². The number of aromatic nitrogens is 2. The molecule has 8 nitrogen and oxygen atoms in total. The molecule has 0 aliphatic carbocycles. The second kappa shape index (κ2) is 8.28. The minimum absolute atomic E-state index is 0.0560. The summed E-state index contributed by atoms with van der Waals surface area (Å²) >= 11 is 0. The van der Waals surface area contributed by atoms with E-state index in [0.29, 0.717) is 47.5 Å². The fourth-order valence-corrected chi connectivity index (χ4v) is 3.18. The number of nitrogens with one attached hydrogen (secondary N) is 1. The number of benzene rings is 1. The van der Waals surface area contributed by atoms with E-state index < -0.39 is 11.5 Å².